The van der Waals surface area contributed by atoms with Crippen LogP contribution in [-0.2, 0) is 13.0 Å². The first-order valence-electron chi connectivity index (χ1n) is 8.45. The van der Waals surface area contributed by atoms with Crippen molar-refractivity contribution in [2.75, 3.05) is 4.90 Å². The minimum absolute atomic E-state index is 0.0463. The van der Waals surface area contributed by atoms with Crippen LogP contribution in [0.25, 0.3) is 0 Å². The first-order chi connectivity index (χ1) is 11.5. The van der Waals surface area contributed by atoms with E-state index in [1.165, 1.54) is 5.56 Å². The zero-order chi connectivity index (χ0) is 17.1. The van der Waals surface area contributed by atoms with Crippen molar-refractivity contribution < 1.29 is 9.53 Å². The molecule has 1 N–H and O–H groups in total. The fourth-order valence-corrected chi connectivity index (χ4v) is 3.10. The van der Waals surface area contributed by atoms with E-state index >= 15 is 0 Å². The van der Waals surface area contributed by atoms with E-state index in [0.29, 0.717) is 6.54 Å². The molecule has 2 amide bonds. The Hall–Kier alpha value is -2.49. The highest BCUT2D eigenvalue weighted by atomic mass is 16.5. The lowest BCUT2D eigenvalue weighted by Gasteiger charge is -2.23. The molecule has 1 atom stereocenters. The van der Waals surface area contributed by atoms with Gasteiger partial charge in [0, 0.05) is 18.3 Å². The third kappa shape index (κ3) is 3.53. The summed E-state index contributed by atoms with van der Waals surface area (Å²) in [5.74, 6) is 0.849. The minimum atomic E-state index is -0.0463. The zero-order valence-electron chi connectivity index (χ0n) is 14.5. The third-order valence-electron chi connectivity index (χ3n) is 4.16. The van der Waals surface area contributed by atoms with Gasteiger partial charge in [0.25, 0.3) is 0 Å². The Kier molecular flexibility index (Phi) is 4.74. The maximum atomic E-state index is 12.6. The topological polar surface area (TPSA) is 41.6 Å². The van der Waals surface area contributed by atoms with Crippen LogP contribution < -0.4 is 15.0 Å². The van der Waals surface area contributed by atoms with Gasteiger partial charge in [-0.2, -0.15) is 0 Å². The van der Waals surface area contributed by atoms with E-state index in [1.807, 2.05) is 61.2 Å². The molecule has 1 unspecified atom stereocenters. The highest BCUT2D eigenvalue weighted by Crippen LogP contribution is 2.31. The molecule has 4 heteroatoms. The van der Waals surface area contributed by atoms with Gasteiger partial charge in [0.1, 0.15) is 5.75 Å². The summed E-state index contributed by atoms with van der Waals surface area (Å²) in [6.45, 7) is 6.59. The predicted octanol–water partition coefficient (Wildman–Crippen LogP) is 4.13. The number of ether oxygens (including phenoxy) is 1. The number of rotatable bonds is 4. The molecular formula is C20H24N2O2. The fraction of sp³-hybridized carbons (Fsp3) is 0.350. The number of hydrogen-bond acceptors (Lipinski definition) is 2. The lowest BCUT2D eigenvalue weighted by Crippen LogP contribution is -2.42. The molecule has 0 bridgehead atoms. The minimum Gasteiger partial charge on any atom is -0.491 e. The predicted molar refractivity (Wildman–Crippen MR) is 96.5 cm³/mol. The fourth-order valence-electron chi connectivity index (χ4n) is 3.10. The van der Waals surface area contributed by atoms with Gasteiger partial charge in [-0.05, 0) is 56.5 Å². The van der Waals surface area contributed by atoms with Gasteiger partial charge < -0.3 is 10.1 Å². The first kappa shape index (κ1) is 16.4. The number of carbonyl (C=O) groups is 1. The Morgan fingerprint density at radius 3 is 2.62 bits per heavy atom. The normalized spacial score (nSPS) is 16.2. The highest BCUT2D eigenvalue weighted by molar-refractivity contribution is 5.94. The summed E-state index contributed by atoms with van der Waals surface area (Å²) in [7, 11) is 0. The van der Waals surface area contributed by atoms with E-state index in [4.69, 9.17) is 4.74 Å². The van der Waals surface area contributed by atoms with Crippen LogP contribution in [0.1, 0.15) is 31.9 Å². The monoisotopic (exact) mass is 324 g/mol. The maximum Gasteiger partial charge on any atom is 0.322 e. The van der Waals surface area contributed by atoms with Crippen molar-refractivity contribution in [3.63, 3.8) is 0 Å². The average Bonchev–Trinajstić information content (AvgIpc) is 2.89. The van der Waals surface area contributed by atoms with Crippen molar-refractivity contribution in [3.05, 3.63) is 59.7 Å². The van der Waals surface area contributed by atoms with Gasteiger partial charge in [0.05, 0.1) is 6.10 Å². The Morgan fingerprint density at radius 2 is 1.92 bits per heavy atom. The van der Waals surface area contributed by atoms with Gasteiger partial charge >= 0.3 is 6.03 Å². The van der Waals surface area contributed by atoms with Crippen LogP contribution in [0.2, 0.25) is 0 Å². The summed E-state index contributed by atoms with van der Waals surface area (Å²) in [6, 6.07) is 16.1. The van der Waals surface area contributed by atoms with Gasteiger partial charge in [0.2, 0.25) is 0 Å². The van der Waals surface area contributed by atoms with E-state index in [0.717, 1.165) is 23.4 Å². The van der Waals surface area contributed by atoms with Crippen LogP contribution in [-0.4, -0.2) is 18.2 Å². The van der Waals surface area contributed by atoms with Gasteiger partial charge in [-0.1, -0.05) is 30.3 Å². The van der Waals surface area contributed by atoms with Crippen LogP contribution in [0, 0.1) is 0 Å². The molecule has 0 spiro atoms. The van der Waals surface area contributed by atoms with Crippen LogP contribution in [0.15, 0.2) is 48.5 Å². The lowest BCUT2D eigenvalue weighted by atomic mass is 10.1. The summed E-state index contributed by atoms with van der Waals surface area (Å²) >= 11 is 0. The third-order valence-corrected chi connectivity index (χ3v) is 4.16. The van der Waals surface area contributed by atoms with E-state index in [-0.39, 0.29) is 18.2 Å². The molecule has 2 aromatic carbocycles. The van der Waals surface area contributed by atoms with E-state index in [2.05, 4.69) is 18.3 Å². The van der Waals surface area contributed by atoms with E-state index in [1.54, 1.807) is 0 Å². The van der Waals surface area contributed by atoms with E-state index < -0.39 is 0 Å². The number of para-hydroxylation sites is 1. The number of urea groups is 1. The molecule has 24 heavy (non-hydrogen) atoms. The second-order valence-corrected chi connectivity index (χ2v) is 6.52. The molecule has 4 nitrogen and oxygen atoms in total. The molecule has 0 aliphatic carbocycles. The number of carbonyl (C=O) groups excluding carboxylic acids is 1. The summed E-state index contributed by atoms with van der Waals surface area (Å²) in [5.41, 5.74) is 3.30. The Labute approximate surface area is 143 Å². The molecule has 1 aliphatic rings. The summed E-state index contributed by atoms with van der Waals surface area (Å²) < 4.78 is 5.63. The highest BCUT2D eigenvalue weighted by Gasteiger charge is 2.30. The second-order valence-electron chi connectivity index (χ2n) is 6.52. The molecule has 0 saturated heterocycles. The van der Waals surface area contributed by atoms with E-state index in [9.17, 15) is 4.79 Å². The molecular weight excluding hydrogens is 300 g/mol. The molecule has 2 aromatic rings. The van der Waals surface area contributed by atoms with Crippen LogP contribution in [0.3, 0.4) is 0 Å². The van der Waals surface area contributed by atoms with Crippen molar-refractivity contribution in [3.8, 4) is 5.75 Å². The van der Waals surface area contributed by atoms with Crippen LogP contribution >= 0.6 is 0 Å². The maximum absolute atomic E-state index is 12.6. The van der Waals surface area contributed by atoms with Crippen molar-refractivity contribution >= 4 is 11.7 Å². The van der Waals surface area contributed by atoms with Gasteiger partial charge in [-0.3, -0.25) is 4.90 Å². The van der Waals surface area contributed by atoms with Gasteiger partial charge in [-0.15, -0.1) is 0 Å². The molecule has 0 radical (unpaired) electrons. The number of amides is 2. The molecule has 0 fully saturated rings. The van der Waals surface area contributed by atoms with Crippen LogP contribution in [0.5, 0.6) is 5.75 Å². The van der Waals surface area contributed by atoms with Crippen molar-refractivity contribution in [2.45, 2.75) is 45.9 Å². The molecule has 1 aliphatic heterocycles. The summed E-state index contributed by atoms with van der Waals surface area (Å²) in [6.07, 6.45) is 1.07. The average molecular weight is 324 g/mol. The SMILES string of the molecule is CC(C)Oc1ccc(CNC(=O)N2c3ccccc3CC2C)cc1. The first-order valence-corrected chi connectivity index (χ1v) is 8.45. The molecule has 126 valence electrons. The number of benzene rings is 2. The number of nitrogens with zero attached hydrogens (tertiary/aromatic N) is 1. The molecule has 1 heterocycles. The lowest BCUT2D eigenvalue weighted by molar-refractivity contribution is 0.242. The van der Waals surface area contributed by atoms with Crippen molar-refractivity contribution in [1.29, 1.82) is 0 Å². The Bertz CT molecular complexity index is 710. The van der Waals surface area contributed by atoms with Gasteiger partial charge in [-0.25, -0.2) is 4.79 Å². The second kappa shape index (κ2) is 6.95. The Morgan fingerprint density at radius 1 is 1.21 bits per heavy atom. The number of fused-ring (bicyclic) bond motifs is 1. The smallest absolute Gasteiger partial charge is 0.322 e. The number of hydrogen-bond donors (Lipinski definition) is 1. The van der Waals surface area contributed by atoms with Crippen molar-refractivity contribution in [2.24, 2.45) is 0 Å². The largest absolute Gasteiger partial charge is 0.491 e. The zero-order valence-corrected chi connectivity index (χ0v) is 14.5. The number of nitrogens with one attached hydrogen (secondary N) is 1. The quantitative estimate of drug-likeness (QED) is 0.918. The Balaban J connectivity index is 1.62. The molecule has 3 rings (SSSR count). The number of anilines is 1. The van der Waals surface area contributed by atoms with Crippen molar-refractivity contribution in [1.82, 2.24) is 5.32 Å². The van der Waals surface area contributed by atoms with Crippen LogP contribution in [0.4, 0.5) is 10.5 Å². The summed E-state index contributed by atoms with van der Waals surface area (Å²) in [5, 5.41) is 3.02. The summed E-state index contributed by atoms with van der Waals surface area (Å²) in [4.78, 5) is 14.4. The molecule has 0 aromatic heterocycles. The van der Waals surface area contributed by atoms with Gasteiger partial charge in [0.15, 0.2) is 0 Å². The standard InChI is InChI=1S/C20H24N2O2/c1-14(2)24-18-10-8-16(9-11-18)13-21-20(23)22-15(3)12-17-6-4-5-7-19(17)22/h4-11,14-15H,12-13H2,1-3H3,(H,21,23). The molecule has 0 saturated carbocycles.